The van der Waals surface area contributed by atoms with Crippen molar-refractivity contribution >= 4 is 0 Å². The van der Waals surface area contributed by atoms with Crippen molar-refractivity contribution in [1.29, 1.82) is 0 Å². The van der Waals surface area contributed by atoms with Crippen LogP contribution in [0.4, 0.5) is 0 Å². The molecule has 2 atom stereocenters. The first kappa shape index (κ1) is 7.87. The fourth-order valence-corrected chi connectivity index (χ4v) is 1.62. The summed E-state index contributed by atoms with van der Waals surface area (Å²) in [4.78, 5) is 0. The number of hydrogen-bond donors (Lipinski definition) is 1. The number of hydrogen-bond acceptors (Lipinski definition) is 1. The average Bonchev–Trinajstić information content (AvgIpc) is 2.62. The maximum atomic E-state index is 5.69. The van der Waals surface area contributed by atoms with Crippen molar-refractivity contribution < 1.29 is 9.73 Å². The fraction of sp³-hybridized carbons (Fsp3) is 0.600. The molecular formula is C10H16NO+. The van der Waals surface area contributed by atoms with Crippen LogP contribution < -0.4 is 5.32 Å². The average molecular weight is 166 g/mol. The van der Waals surface area contributed by atoms with Crippen molar-refractivity contribution in [2.24, 2.45) is 5.92 Å². The highest BCUT2D eigenvalue weighted by atomic mass is 16.3. The summed E-state index contributed by atoms with van der Waals surface area (Å²) in [6.45, 7) is 3.24. The van der Waals surface area contributed by atoms with Gasteiger partial charge in [-0.2, -0.15) is 0 Å². The smallest absolute Gasteiger partial charge is 0.158 e. The molecular weight excluding hydrogens is 150 g/mol. The zero-order chi connectivity index (χ0) is 8.55. The number of nitrogens with two attached hydrogens (primary N) is 1. The van der Waals surface area contributed by atoms with E-state index < -0.39 is 0 Å². The normalized spacial score (nSPS) is 27.5. The largest absolute Gasteiger partial charge is 0.460 e. The molecule has 0 unspecified atom stereocenters. The van der Waals surface area contributed by atoms with Gasteiger partial charge in [0.25, 0.3) is 0 Å². The lowest BCUT2D eigenvalue weighted by Crippen LogP contribution is -2.77. The second-order valence-corrected chi connectivity index (χ2v) is 3.74. The molecule has 0 radical (unpaired) electrons. The second kappa shape index (κ2) is 2.94. The van der Waals surface area contributed by atoms with Crippen LogP contribution in [0.1, 0.15) is 30.8 Å². The molecule has 0 aliphatic heterocycles. The SMILES string of the molecule is C[NH2+]Cc1ccc([C@@H]2C[C@H]2C)o1. The van der Waals surface area contributed by atoms with E-state index in [1.54, 1.807) is 0 Å². The topological polar surface area (TPSA) is 29.8 Å². The zero-order valence-electron chi connectivity index (χ0n) is 7.71. The highest BCUT2D eigenvalue weighted by molar-refractivity contribution is 5.17. The lowest BCUT2D eigenvalue weighted by Gasteiger charge is -1.92. The molecule has 1 aromatic rings. The van der Waals surface area contributed by atoms with Gasteiger partial charge in [0, 0.05) is 5.92 Å². The van der Waals surface area contributed by atoms with Crippen LogP contribution >= 0.6 is 0 Å². The first-order valence-corrected chi connectivity index (χ1v) is 4.67. The van der Waals surface area contributed by atoms with E-state index in [2.05, 4.69) is 31.4 Å². The summed E-state index contributed by atoms with van der Waals surface area (Å²) < 4.78 is 5.69. The van der Waals surface area contributed by atoms with Crippen molar-refractivity contribution in [3.05, 3.63) is 23.7 Å². The van der Waals surface area contributed by atoms with E-state index in [0.29, 0.717) is 0 Å². The molecule has 1 aliphatic carbocycles. The molecule has 1 aliphatic rings. The fourth-order valence-electron chi connectivity index (χ4n) is 1.62. The first-order valence-electron chi connectivity index (χ1n) is 4.67. The summed E-state index contributed by atoms with van der Waals surface area (Å²) in [6, 6.07) is 4.23. The zero-order valence-corrected chi connectivity index (χ0v) is 7.71. The minimum absolute atomic E-state index is 0.718. The third-order valence-corrected chi connectivity index (χ3v) is 2.56. The minimum atomic E-state index is 0.718. The van der Waals surface area contributed by atoms with Crippen LogP contribution in [-0.2, 0) is 6.54 Å². The maximum absolute atomic E-state index is 5.69. The van der Waals surface area contributed by atoms with Crippen LogP contribution in [0.3, 0.4) is 0 Å². The van der Waals surface area contributed by atoms with Gasteiger partial charge in [0.15, 0.2) is 5.76 Å². The molecule has 0 aromatic carbocycles. The monoisotopic (exact) mass is 166 g/mol. The van der Waals surface area contributed by atoms with Crippen molar-refractivity contribution in [1.82, 2.24) is 0 Å². The van der Waals surface area contributed by atoms with Crippen molar-refractivity contribution in [2.45, 2.75) is 25.8 Å². The molecule has 1 saturated carbocycles. The van der Waals surface area contributed by atoms with Crippen molar-refractivity contribution in [2.75, 3.05) is 7.05 Å². The summed E-state index contributed by atoms with van der Waals surface area (Å²) in [5.74, 6) is 3.86. The molecule has 1 fully saturated rings. The van der Waals surface area contributed by atoms with Gasteiger partial charge >= 0.3 is 0 Å². The predicted octanol–water partition coefficient (Wildman–Crippen LogP) is 1.10. The van der Waals surface area contributed by atoms with E-state index in [-0.39, 0.29) is 0 Å². The van der Waals surface area contributed by atoms with E-state index >= 15 is 0 Å². The Kier molecular flexibility index (Phi) is 1.93. The predicted molar refractivity (Wildman–Crippen MR) is 46.8 cm³/mol. The van der Waals surface area contributed by atoms with Gasteiger partial charge in [-0.15, -0.1) is 0 Å². The van der Waals surface area contributed by atoms with E-state index in [0.717, 1.165) is 24.1 Å². The molecule has 1 aromatic heterocycles. The van der Waals surface area contributed by atoms with Gasteiger partial charge in [-0.25, -0.2) is 0 Å². The maximum Gasteiger partial charge on any atom is 0.158 e. The van der Waals surface area contributed by atoms with Crippen LogP contribution in [-0.4, -0.2) is 7.05 Å². The van der Waals surface area contributed by atoms with E-state index in [1.165, 1.54) is 12.2 Å². The van der Waals surface area contributed by atoms with E-state index in [4.69, 9.17) is 4.42 Å². The van der Waals surface area contributed by atoms with Gasteiger partial charge in [0.1, 0.15) is 12.3 Å². The van der Waals surface area contributed by atoms with E-state index in [9.17, 15) is 0 Å². The van der Waals surface area contributed by atoms with Crippen LogP contribution in [0.5, 0.6) is 0 Å². The molecule has 0 amide bonds. The Balaban J connectivity index is 2.04. The molecule has 2 nitrogen and oxygen atoms in total. The van der Waals surface area contributed by atoms with Crippen LogP contribution in [0.25, 0.3) is 0 Å². The number of rotatable bonds is 3. The standard InChI is InChI=1S/C10H15NO/c1-7-5-9(7)10-4-3-8(12-10)6-11-2/h3-4,7,9,11H,5-6H2,1-2H3/p+1/t7-,9-/m1/s1. The van der Waals surface area contributed by atoms with Gasteiger partial charge in [0.2, 0.25) is 0 Å². The minimum Gasteiger partial charge on any atom is -0.460 e. The van der Waals surface area contributed by atoms with Crippen LogP contribution in [0.2, 0.25) is 0 Å². The Hall–Kier alpha value is -0.760. The summed E-state index contributed by atoms with van der Waals surface area (Å²) in [5, 5.41) is 2.12. The Morgan fingerprint density at radius 2 is 2.33 bits per heavy atom. The van der Waals surface area contributed by atoms with Crippen molar-refractivity contribution in [3.8, 4) is 0 Å². The summed E-state index contributed by atoms with van der Waals surface area (Å²) in [5.41, 5.74) is 0. The van der Waals surface area contributed by atoms with E-state index in [1.807, 2.05) is 0 Å². The summed E-state index contributed by atoms with van der Waals surface area (Å²) >= 11 is 0. The molecule has 2 N–H and O–H groups in total. The van der Waals surface area contributed by atoms with Crippen molar-refractivity contribution in [3.63, 3.8) is 0 Å². The Morgan fingerprint density at radius 1 is 1.58 bits per heavy atom. The third-order valence-electron chi connectivity index (χ3n) is 2.56. The Morgan fingerprint density at radius 3 is 2.92 bits per heavy atom. The molecule has 12 heavy (non-hydrogen) atoms. The molecule has 0 saturated heterocycles. The molecule has 66 valence electrons. The highest BCUT2D eigenvalue weighted by Gasteiger charge is 2.36. The first-order chi connectivity index (χ1) is 5.81. The number of furan rings is 1. The lowest BCUT2D eigenvalue weighted by molar-refractivity contribution is -0.645. The van der Waals surface area contributed by atoms with Gasteiger partial charge in [-0.05, 0) is 24.5 Å². The quantitative estimate of drug-likeness (QED) is 0.716. The van der Waals surface area contributed by atoms with Crippen LogP contribution in [0.15, 0.2) is 16.5 Å². The summed E-state index contributed by atoms with van der Waals surface area (Å²) in [6.07, 6.45) is 1.31. The molecule has 1 heterocycles. The Labute approximate surface area is 73.0 Å². The Bertz CT molecular complexity index is 267. The highest BCUT2D eigenvalue weighted by Crippen LogP contribution is 2.47. The molecule has 0 bridgehead atoms. The van der Waals surface area contributed by atoms with Gasteiger partial charge in [-0.3, -0.25) is 0 Å². The second-order valence-electron chi connectivity index (χ2n) is 3.74. The summed E-state index contributed by atoms with van der Waals surface area (Å²) in [7, 11) is 2.06. The number of quaternary nitrogens is 1. The molecule has 2 heteroatoms. The van der Waals surface area contributed by atoms with Gasteiger partial charge in [-0.1, -0.05) is 6.92 Å². The molecule has 2 rings (SSSR count). The van der Waals surface area contributed by atoms with Gasteiger partial charge in [0.05, 0.1) is 7.05 Å². The third kappa shape index (κ3) is 1.39. The molecule has 0 spiro atoms. The lowest BCUT2D eigenvalue weighted by atomic mass is 10.3. The van der Waals surface area contributed by atoms with Crippen LogP contribution in [0, 0.1) is 5.92 Å². The van der Waals surface area contributed by atoms with Gasteiger partial charge < -0.3 is 9.73 Å².